The zero-order valence-electron chi connectivity index (χ0n) is 11.2. The number of hydrogen-bond acceptors (Lipinski definition) is 3. The Morgan fingerprint density at radius 2 is 2.00 bits per heavy atom. The van der Waals surface area contributed by atoms with Crippen molar-refractivity contribution in [1.29, 1.82) is 0 Å². The standard InChI is InChI=1S/C13H26O3/c1-9(7-14)6-10(2)12-11(3)8-15-13(4,5)16-12/h9-12,14H,6-8H2,1-5H3/t9-,10+,11+,12-/m1/s1. The van der Waals surface area contributed by atoms with Crippen LogP contribution in [0.5, 0.6) is 0 Å². The Kier molecular flexibility index (Phi) is 4.77. The molecule has 1 heterocycles. The molecule has 0 amide bonds. The molecule has 1 aliphatic rings. The van der Waals surface area contributed by atoms with E-state index in [0.717, 1.165) is 13.0 Å². The van der Waals surface area contributed by atoms with Gasteiger partial charge in [0, 0.05) is 12.5 Å². The van der Waals surface area contributed by atoms with Gasteiger partial charge in [-0.15, -0.1) is 0 Å². The van der Waals surface area contributed by atoms with Crippen LogP contribution in [0, 0.1) is 17.8 Å². The third-order valence-corrected chi connectivity index (χ3v) is 3.32. The Labute approximate surface area is 99.1 Å². The van der Waals surface area contributed by atoms with Gasteiger partial charge in [0.15, 0.2) is 5.79 Å². The van der Waals surface area contributed by atoms with Gasteiger partial charge in [-0.2, -0.15) is 0 Å². The van der Waals surface area contributed by atoms with E-state index >= 15 is 0 Å². The van der Waals surface area contributed by atoms with Crippen molar-refractivity contribution in [3.05, 3.63) is 0 Å². The summed E-state index contributed by atoms with van der Waals surface area (Å²) in [5.74, 6) is 0.763. The summed E-state index contributed by atoms with van der Waals surface area (Å²) in [6, 6.07) is 0. The van der Waals surface area contributed by atoms with E-state index in [-0.39, 0.29) is 12.7 Å². The lowest BCUT2D eigenvalue weighted by Crippen LogP contribution is -2.47. The monoisotopic (exact) mass is 230 g/mol. The van der Waals surface area contributed by atoms with Crippen molar-refractivity contribution in [2.45, 2.75) is 52.9 Å². The Morgan fingerprint density at radius 1 is 1.38 bits per heavy atom. The minimum Gasteiger partial charge on any atom is -0.396 e. The van der Waals surface area contributed by atoms with Crippen LogP contribution in [0.2, 0.25) is 0 Å². The molecule has 0 bridgehead atoms. The van der Waals surface area contributed by atoms with Gasteiger partial charge in [-0.3, -0.25) is 0 Å². The van der Waals surface area contributed by atoms with E-state index in [1.807, 2.05) is 13.8 Å². The molecule has 0 saturated carbocycles. The zero-order valence-corrected chi connectivity index (χ0v) is 11.2. The topological polar surface area (TPSA) is 38.7 Å². The van der Waals surface area contributed by atoms with Crippen LogP contribution in [0.3, 0.4) is 0 Å². The van der Waals surface area contributed by atoms with Crippen molar-refractivity contribution in [3.63, 3.8) is 0 Å². The molecule has 16 heavy (non-hydrogen) atoms. The van der Waals surface area contributed by atoms with Crippen molar-refractivity contribution in [2.75, 3.05) is 13.2 Å². The summed E-state index contributed by atoms with van der Waals surface area (Å²) >= 11 is 0. The van der Waals surface area contributed by atoms with Gasteiger partial charge in [0.1, 0.15) is 0 Å². The number of aliphatic hydroxyl groups excluding tert-OH is 1. The first-order valence-electron chi connectivity index (χ1n) is 6.28. The molecule has 1 N–H and O–H groups in total. The van der Waals surface area contributed by atoms with Crippen molar-refractivity contribution in [1.82, 2.24) is 0 Å². The maximum atomic E-state index is 9.09. The first-order chi connectivity index (χ1) is 7.35. The van der Waals surface area contributed by atoms with Crippen molar-refractivity contribution in [3.8, 4) is 0 Å². The third kappa shape index (κ3) is 3.72. The van der Waals surface area contributed by atoms with E-state index in [0.29, 0.717) is 17.8 Å². The largest absolute Gasteiger partial charge is 0.396 e. The van der Waals surface area contributed by atoms with Crippen LogP contribution in [0.25, 0.3) is 0 Å². The molecule has 3 heteroatoms. The zero-order chi connectivity index (χ0) is 12.3. The first-order valence-corrected chi connectivity index (χ1v) is 6.28. The second-order valence-electron chi connectivity index (χ2n) is 5.77. The van der Waals surface area contributed by atoms with Gasteiger partial charge in [-0.1, -0.05) is 20.8 Å². The van der Waals surface area contributed by atoms with Crippen LogP contribution in [0.15, 0.2) is 0 Å². The van der Waals surface area contributed by atoms with Gasteiger partial charge in [0.25, 0.3) is 0 Å². The first kappa shape index (κ1) is 13.9. The summed E-state index contributed by atoms with van der Waals surface area (Å²) in [7, 11) is 0. The molecule has 4 atom stereocenters. The maximum Gasteiger partial charge on any atom is 0.163 e. The highest BCUT2D eigenvalue weighted by molar-refractivity contribution is 4.80. The van der Waals surface area contributed by atoms with Gasteiger partial charge in [-0.25, -0.2) is 0 Å². The van der Waals surface area contributed by atoms with Gasteiger partial charge in [-0.05, 0) is 32.1 Å². The molecule has 3 nitrogen and oxygen atoms in total. The molecular weight excluding hydrogens is 204 g/mol. The molecule has 0 spiro atoms. The van der Waals surface area contributed by atoms with E-state index in [1.165, 1.54) is 0 Å². The average molecular weight is 230 g/mol. The van der Waals surface area contributed by atoms with Crippen LogP contribution in [0.4, 0.5) is 0 Å². The molecule has 1 fully saturated rings. The van der Waals surface area contributed by atoms with Crippen molar-refractivity contribution < 1.29 is 14.6 Å². The number of hydrogen-bond donors (Lipinski definition) is 1. The number of rotatable bonds is 4. The summed E-state index contributed by atoms with van der Waals surface area (Å²) in [5.41, 5.74) is 0. The predicted molar refractivity (Wildman–Crippen MR) is 64.1 cm³/mol. The molecule has 1 saturated heterocycles. The van der Waals surface area contributed by atoms with Crippen molar-refractivity contribution in [2.24, 2.45) is 17.8 Å². The summed E-state index contributed by atoms with van der Waals surface area (Å²) in [4.78, 5) is 0. The van der Waals surface area contributed by atoms with Crippen LogP contribution < -0.4 is 0 Å². The smallest absolute Gasteiger partial charge is 0.163 e. The molecule has 1 rings (SSSR count). The number of aliphatic hydroxyl groups is 1. The minimum atomic E-state index is -0.464. The Morgan fingerprint density at radius 3 is 2.56 bits per heavy atom. The van der Waals surface area contributed by atoms with Gasteiger partial charge in [0.05, 0.1) is 12.7 Å². The maximum absolute atomic E-state index is 9.09. The Balaban J connectivity index is 2.55. The fourth-order valence-electron chi connectivity index (χ4n) is 2.43. The Hall–Kier alpha value is -0.120. The van der Waals surface area contributed by atoms with E-state index in [4.69, 9.17) is 14.6 Å². The molecule has 0 radical (unpaired) electrons. The van der Waals surface area contributed by atoms with Crippen molar-refractivity contribution >= 4 is 0 Å². The Bertz CT molecular complexity index is 215. The fourth-order valence-corrected chi connectivity index (χ4v) is 2.43. The molecule has 0 aromatic rings. The van der Waals surface area contributed by atoms with E-state index in [9.17, 15) is 0 Å². The molecule has 0 aromatic carbocycles. The predicted octanol–water partition coefficient (Wildman–Crippen LogP) is 2.43. The van der Waals surface area contributed by atoms with Crippen LogP contribution >= 0.6 is 0 Å². The van der Waals surface area contributed by atoms with Crippen LogP contribution in [0.1, 0.15) is 41.0 Å². The molecular formula is C13H26O3. The molecule has 0 aromatic heterocycles. The van der Waals surface area contributed by atoms with Gasteiger partial charge >= 0.3 is 0 Å². The van der Waals surface area contributed by atoms with E-state index in [2.05, 4.69) is 20.8 Å². The highest BCUT2D eigenvalue weighted by Gasteiger charge is 2.37. The minimum absolute atomic E-state index is 0.234. The highest BCUT2D eigenvalue weighted by Crippen LogP contribution is 2.32. The second-order valence-corrected chi connectivity index (χ2v) is 5.77. The summed E-state index contributed by atoms with van der Waals surface area (Å²) in [6.07, 6.45) is 1.24. The second kappa shape index (κ2) is 5.48. The molecule has 1 aliphatic heterocycles. The van der Waals surface area contributed by atoms with Crippen LogP contribution in [-0.4, -0.2) is 30.2 Å². The highest BCUT2D eigenvalue weighted by atomic mass is 16.7. The van der Waals surface area contributed by atoms with E-state index in [1.54, 1.807) is 0 Å². The molecule has 96 valence electrons. The normalized spacial score (nSPS) is 33.4. The molecule has 0 unspecified atom stereocenters. The quantitative estimate of drug-likeness (QED) is 0.806. The fraction of sp³-hybridized carbons (Fsp3) is 1.00. The lowest BCUT2D eigenvalue weighted by atomic mass is 9.86. The summed E-state index contributed by atoms with van der Waals surface area (Å²) in [6.45, 7) is 11.4. The van der Waals surface area contributed by atoms with Gasteiger partial charge < -0.3 is 14.6 Å². The number of ether oxygens (including phenoxy) is 2. The summed E-state index contributed by atoms with van der Waals surface area (Å²) in [5, 5.41) is 9.09. The lowest BCUT2D eigenvalue weighted by molar-refractivity contribution is -0.300. The summed E-state index contributed by atoms with van der Waals surface area (Å²) < 4.78 is 11.6. The van der Waals surface area contributed by atoms with Crippen LogP contribution in [-0.2, 0) is 9.47 Å². The lowest BCUT2D eigenvalue weighted by Gasteiger charge is -2.42. The molecule has 0 aliphatic carbocycles. The third-order valence-electron chi connectivity index (χ3n) is 3.32. The SMILES string of the molecule is C[C@@H](CO)C[C@H](C)[C@H]1OC(C)(C)OC[C@@H]1C. The average Bonchev–Trinajstić information content (AvgIpc) is 2.21. The van der Waals surface area contributed by atoms with E-state index < -0.39 is 5.79 Å². The van der Waals surface area contributed by atoms with Gasteiger partial charge in [0.2, 0.25) is 0 Å².